The highest BCUT2D eigenvalue weighted by Gasteiger charge is 2.20. The summed E-state index contributed by atoms with van der Waals surface area (Å²) in [5.74, 6) is 1.57. The molecule has 0 spiro atoms. The highest BCUT2D eigenvalue weighted by Crippen LogP contribution is 2.31. The molecule has 2 N–H and O–H groups in total. The second-order valence-corrected chi connectivity index (χ2v) is 4.26. The maximum atomic E-state index is 5.99. The first kappa shape index (κ1) is 13.2. The van der Waals surface area contributed by atoms with Crippen LogP contribution in [0, 0.1) is 0 Å². The Morgan fingerprint density at radius 3 is 2.67 bits per heavy atom. The van der Waals surface area contributed by atoms with Crippen LogP contribution in [0.1, 0.15) is 6.92 Å². The number of ether oxygens (including phenoxy) is 1. The lowest BCUT2D eigenvalue weighted by atomic mass is 10.3. The summed E-state index contributed by atoms with van der Waals surface area (Å²) >= 11 is 5.99. The first-order chi connectivity index (χ1) is 8.76. The highest BCUT2D eigenvalue weighted by atomic mass is 35.5. The molecule has 0 radical (unpaired) electrons. The van der Waals surface area contributed by atoms with Crippen LogP contribution in [0.2, 0.25) is 5.28 Å². The van der Waals surface area contributed by atoms with Gasteiger partial charge in [0.2, 0.25) is 5.28 Å². The van der Waals surface area contributed by atoms with Crippen LogP contribution in [-0.4, -0.2) is 49.9 Å². The third kappa shape index (κ3) is 2.76. The Morgan fingerprint density at radius 2 is 2.06 bits per heavy atom. The van der Waals surface area contributed by atoms with Crippen molar-refractivity contribution >= 4 is 28.9 Å². The van der Waals surface area contributed by atoms with Crippen LogP contribution in [-0.2, 0) is 4.74 Å². The Balaban J connectivity index is 2.37. The lowest BCUT2D eigenvalue weighted by Gasteiger charge is -2.29. The fourth-order valence-electron chi connectivity index (χ4n) is 1.95. The molecule has 100 valence electrons. The van der Waals surface area contributed by atoms with Crippen LogP contribution >= 0.6 is 11.6 Å². The quantitative estimate of drug-likeness (QED) is 0.808. The minimum Gasteiger partial charge on any atom is -0.382 e. The summed E-state index contributed by atoms with van der Waals surface area (Å²) in [6, 6.07) is 0. The van der Waals surface area contributed by atoms with Crippen molar-refractivity contribution in [2.75, 3.05) is 55.4 Å². The van der Waals surface area contributed by atoms with Crippen molar-refractivity contribution in [1.82, 2.24) is 9.97 Å². The molecular formula is C11H18ClN5O. The Labute approximate surface area is 112 Å². The molecule has 0 saturated carbocycles. The van der Waals surface area contributed by atoms with Crippen LogP contribution in [0.25, 0.3) is 0 Å². The largest absolute Gasteiger partial charge is 0.382 e. The first-order valence-corrected chi connectivity index (χ1v) is 6.46. The molecule has 2 heterocycles. The smallest absolute Gasteiger partial charge is 0.226 e. The molecule has 1 aliphatic rings. The van der Waals surface area contributed by atoms with Crippen LogP contribution in [0.3, 0.4) is 0 Å². The molecule has 1 aliphatic heterocycles. The maximum absolute atomic E-state index is 5.99. The van der Waals surface area contributed by atoms with E-state index in [1.807, 2.05) is 14.0 Å². The third-order valence-electron chi connectivity index (χ3n) is 2.77. The molecule has 0 aromatic carbocycles. The molecule has 1 fully saturated rings. The van der Waals surface area contributed by atoms with Crippen LogP contribution in [0.5, 0.6) is 0 Å². The van der Waals surface area contributed by atoms with E-state index in [4.69, 9.17) is 16.3 Å². The van der Waals surface area contributed by atoms with Gasteiger partial charge in [-0.05, 0) is 18.5 Å². The van der Waals surface area contributed by atoms with Gasteiger partial charge in [0.05, 0.1) is 13.2 Å². The van der Waals surface area contributed by atoms with Gasteiger partial charge in [-0.1, -0.05) is 0 Å². The zero-order valence-corrected chi connectivity index (χ0v) is 11.4. The normalized spacial score (nSPS) is 15.6. The lowest BCUT2D eigenvalue weighted by Crippen LogP contribution is -2.37. The number of halogens is 1. The minimum absolute atomic E-state index is 0.256. The number of hydrogen-bond acceptors (Lipinski definition) is 6. The van der Waals surface area contributed by atoms with Gasteiger partial charge in [-0.3, -0.25) is 0 Å². The highest BCUT2D eigenvalue weighted by molar-refractivity contribution is 6.28. The van der Waals surface area contributed by atoms with Gasteiger partial charge in [-0.2, -0.15) is 9.97 Å². The molecule has 1 saturated heterocycles. The maximum Gasteiger partial charge on any atom is 0.226 e. The average Bonchev–Trinajstić information content (AvgIpc) is 2.39. The topological polar surface area (TPSA) is 62.3 Å². The Kier molecular flexibility index (Phi) is 4.43. The van der Waals surface area contributed by atoms with Gasteiger partial charge in [-0.15, -0.1) is 0 Å². The van der Waals surface area contributed by atoms with E-state index in [-0.39, 0.29) is 5.28 Å². The van der Waals surface area contributed by atoms with Crippen molar-refractivity contribution in [1.29, 1.82) is 0 Å². The molecular weight excluding hydrogens is 254 g/mol. The molecule has 6 nitrogen and oxygen atoms in total. The molecule has 2 rings (SSSR count). The molecule has 0 aliphatic carbocycles. The van der Waals surface area contributed by atoms with Crippen LogP contribution in [0.15, 0.2) is 0 Å². The third-order valence-corrected chi connectivity index (χ3v) is 2.94. The van der Waals surface area contributed by atoms with Gasteiger partial charge in [0.15, 0.2) is 11.6 Å². The molecule has 0 unspecified atom stereocenters. The van der Waals surface area contributed by atoms with E-state index in [0.29, 0.717) is 13.2 Å². The fraction of sp³-hybridized carbons (Fsp3) is 0.636. The Morgan fingerprint density at radius 1 is 1.33 bits per heavy atom. The second kappa shape index (κ2) is 6.06. The summed E-state index contributed by atoms with van der Waals surface area (Å²) in [6.07, 6.45) is 0. The van der Waals surface area contributed by atoms with Gasteiger partial charge in [0, 0.05) is 26.7 Å². The predicted molar refractivity (Wildman–Crippen MR) is 73.8 cm³/mol. The van der Waals surface area contributed by atoms with E-state index < -0.39 is 0 Å². The molecule has 1 aromatic heterocycles. The SMILES string of the molecule is CCNc1nc(Cl)nc(N2CCOCC2)c1NC. The van der Waals surface area contributed by atoms with E-state index in [9.17, 15) is 0 Å². The number of anilines is 3. The van der Waals surface area contributed by atoms with E-state index >= 15 is 0 Å². The number of rotatable bonds is 4. The summed E-state index contributed by atoms with van der Waals surface area (Å²) in [5.41, 5.74) is 0.878. The van der Waals surface area contributed by atoms with Gasteiger partial charge >= 0.3 is 0 Å². The standard InChI is InChI=1S/C11H18ClN5O/c1-3-14-9-8(13-2)10(16-11(12)15-9)17-4-6-18-7-5-17/h13H,3-7H2,1-2H3,(H,14,15,16). The number of morpholine rings is 1. The number of nitrogens with zero attached hydrogens (tertiary/aromatic N) is 3. The van der Waals surface area contributed by atoms with Crippen LogP contribution < -0.4 is 15.5 Å². The monoisotopic (exact) mass is 271 g/mol. The van der Waals surface area contributed by atoms with Crippen molar-refractivity contribution in [3.8, 4) is 0 Å². The first-order valence-electron chi connectivity index (χ1n) is 6.08. The number of aromatic nitrogens is 2. The molecule has 7 heteroatoms. The lowest BCUT2D eigenvalue weighted by molar-refractivity contribution is 0.122. The summed E-state index contributed by atoms with van der Waals surface area (Å²) in [4.78, 5) is 10.7. The zero-order chi connectivity index (χ0) is 13.0. The van der Waals surface area contributed by atoms with Crippen molar-refractivity contribution < 1.29 is 4.74 Å². The number of nitrogens with one attached hydrogen (secondary N) is 2. The van der Waals surface area contributed by atoms with E-state index in [0.717, 1.165) is 37.0 Å². The average molecular weight is 272 g/mol. The predicted octanol–water partition coefficient (Wildman–Crippen LogP) is 1.44. The minimum atomic E-state index is 0.256. The van der Waals surface area contributed by atoms with Crippen LogP contribution in [0.4, 0.5) is 17.3 Å². The van der Waals surface area contributed by atoms with Gasteiger partial charge in [0.1, 0.15) is 5.69 Å². The summed E-state index contributed by atoms with van der Waals surface area (Å²) in [6.45, 7) is 5.85. The fourth-order valence-corrected chi connectivity index (χ4v) is 2.12. The van der Waals surface area contributed by atoms with Crippen molar-refractivity contribution in [3.63, 3.8) is 0 Å². The molecule has 0 atom stereocenters. The van der Waals surface area contributed by atoms with Gasteiger partial charge < -0.3 is 20.3 Å². The molecule has 1 aromatic rings. The molecule has 18 heavy (non-hydrogen) atoms. The second-order valence-electron chi connectivity index (χ2n) is 3.92. The summed E-state index contributed by atoms with van der Waals surface area (Å²) in [5, 5.41) is 6.59. The van der Waals surface area contributed by atoms with Crippen molar-refractivity contribution in [2.24, 2.45) is 0 Å². The summed E-state index contributed by atoms with van der Waals surface area (Å²) < 4.78 is 5.35. The van der Waals surface area contributed by atoms with Crippen molar-refractivity contribution in [2.45, 2.75) is 6.92 Å². The Hall–Kier alpha value is -1.27. The van der Waals surface area contributed by atoms with Gasteiger partial charge in [-0.25, -0.2) is 0 Å². The molecule has 0 amide bonds. The van der Waals surface area contributed by atoms with Gasteiger partial charge in [0.25, 0.3) is 0 Å². The van der Waals surface area contributed by atoms with E-state index in [2.05, 4.69) is 25.5 Å². The number of hydrogen-bond donors (Lipinski definition) is 2. The van der Waals surface area contributed by atoms with Crippen molar-refractivity contribution in [3.05, 3.63) is 5.28 Å². The van der Waals surface area contributed by atoms with E-state index in [1.165, 1.54) is 0 Å². The van der Waals surface area contributed by atoms with E-state index in [1.54, 1.807) is 0 Å². The molecule has 0 bridgehead atoms. The Bertz CT molecular complexity index is 409. The summed E-state index contributed by atoms with van der Waals surface area (Å²) in [7, 11) is 1.86. The zero-order valence-electron chi connectivity index (χ0n) is 10.7.